The molecule has 3 fully saturated rings. The average Bonchev–Trinajstić information content (AvgIpc) is 2.36. The number of hydrogen-bond donors (Lipinski definition) is 2. The first-order valence-corrected chi connectivity index (χ1v) is 6.27. The van der Waals surface area contributed by atoms with Crippen LogP contribution in [0.5, 0.6) is 0 Å². The Hall–Kier alpha value is -0.810. The van der Waals surface area contributed by atoms with Crippen LogP contribution in [-0.4, -0.2) is 70.0 Å². The Morgan fingerprint density at radius 2 is 1.94 bits per heavy atom. The fourth-order valence-corrected chi connectivity index (χ4v) is 2.87. The van der Waals surface area contributed by atoms with Gasteiger partial charge in [0, 0.05) is 13.5 Å². The summed E-state index contributed by atoms with van der Waals surface area (Å²) in [5, 5.41) is 2.47. The molecule has 3 heterocycles. The summed E-state index contributed by atoms with van der Waals surface area (Å²) in [5.41, 5.74) is 0. The van der Waals surface area contributed by atoms with E-state index in [-0.39, 0.29) is 6.09 Å². The van der Waals surface area contributed by atoms with Crippen LogP contribution in [0.3, 0.4) is 0 Å². The molecule has 3 rings (SSSR count). The first kappa shape index (κ1) is 11.7. The fraction of sp³-hybridized carbons (Fsp3) is 0.909. The molecule has 2 N–H and O–H groups in total. The van der Waals surface area contributed by atoms with Gasteiger partial charge in [-0.3, -0.25) is 0 Å². The molecule has 0 aromatic rings. The summed E-state index contributed by atoms with van der Waals surface area (Å²) in [4.78, 5) is 12.7. The SMILES string of the molecule is CNC(=O)OCCC[N+]12CC[NH+](CC1)CC2. The molecule has 0 atom stereocenters. The summed E-state index contributed by atoms with van der Waals surface area (Å²) in [5.74, 6) is 0. The number of carbonyl (C=O) groups excluding carboxylic acids is 1. The van der Waals surface area contributed by atoms with Crippen LogP contribution in [0.2, 0.25) is 0 Å². The zero-order valence-corrected chi connectivity index (χ0v) is 10.1. The molecule has 0 aromatic carbocycles. The number of quaternary nitrogens is 2. The van der Waals surface area contributed by atoms with Crippen molar-refractivity contribution in [3.63, 3.8) is 0 Å². The molecule has 3 aliphatic heterocycles. The van der Waals surface area contributed by atoms with E-state index in [0.29, 0.717) is 6.61 Å². The van der Waals surface area contributed by atoms with E-state index in [2.05, 4.69) is 5.32 Å². The first-order chi connectivity index (χ1) is 7.74. The quantitative estimate of drug-likeness (QED) is 0.453. The second-order valence-electron chi connectivity index (χ2n) is 4.98. The van der Waals surface area contributed by atoms with Gasteiger partial charge in [0.2, 0.25) is 0 Å². The lowest BCUT2D eigenvalue weighted by Gasteiger charge is -2.48. The van der Waals surface area contributed by atoms with E-state index < -0.39 is 0 Å². The molecule has 92 valence electrons. The van der Waals surface area contributed by atoms with Gasteiger partial charge in [-0.25, -0.2) is 4.79 Å². The monoisotopic (exact) mass is 229 g/mol. The van der Waals surface area contributed by atoms with E-state index in [0.717, 1.165) is 6.42 Å². The van der Waals surface area contributed by atoms with Crippen LogP contribution in [0.1, 0.15) is 6.42 Å². The molecule has 1 amide bonds. The zero-order chi connectivity index (χ0) is 11.4. The number of rotatable bonds is 4. The number of fused-ring (bicyclic) bond motifs is 3. The Kier molecular flexibility index (Phi) is 3.66. The van der Waals surface area contributed by atoms with Crippen molar-refractivity contribution < 1.29 is 18.9 Å². The summed E-state index contributed by atoms with van der Waals surface area (Å²) >= 11 is 0. The Morgan fingerprint density at radius 1 is 1.31 bits per heavy atom. The molecule has 0 unspecified atom stereocenters. The summed E-state index contributed by atoms with van der Waals surface area (Å²) in [7, 11) is 1.59. The van der Waals surface area contributed by atoms with Gasteiger partial charge in [0.15, 0.2) is 0 Å². The number of piperazine rings is 3. The Bertz CT molecular complexity index is 236. The minimum absolute atomic E-state index is 0.312. The number of nitrogens with zero attached hydrogens (tertiary/aromatic N) is 1. The zero-order valence-electron chi connectivity index (χ0n) is 10.1. The number of carbonyl (C=O) groups is 1. The smallest absolute Gasteiger partial charge is 0.406 e. The third kappa shape index (κ3) is 2.65. The van der Waals surface area contributed by atoms with Gasteiger partial charge in [0.25, 0.3) is 0 Å². The van der Waals surface area contributed by atoms with Crippen LogP contribution in [0.25, 0.3) is 0 Å². The molecule has 0 aromatic heterocycles. The molecule has 3 saturated heterocycles. The standard InChI is InChI=1S/C11H21N3O2/c1-12-11(15)16-10-2-6-14-7-3-13(4-8-14)5-9-14/h2-10H2,1H3/p+2. The predicted octanol–water partition coefficient (Wildman–Crippen LogP) is -1.54. The highest BCUT2D eigenvalue weighted by molar-refractivity contribution is 5.66. The number of ether oxygens (including phenoxy) is 1. The first-order valence-electron chi connectivity index (χ1n) is 6.27. The maximum atomic E-state index is 10.9. The van der Waals surface area contributed by atoms with E-state index in [1.54, 1.807) is 11.9 Å². The molecule has 2 bridgehead atoms. The third-order valence-electron chi connectivity index (χ3n) is 4.03. The highest BCUT2D eigenvalue weighted by Crippen LogP contribution is 2.11. The summed E-state index contributed by atoms with van der Waals surface area (Å²) in [6.07, 6.45) is 0.677. The highest BCUT2D eigenvalue weighted by atomic mass is 16.5. The van der Waals surface area contributed by atoms with Crippen molar-refractivity contribution in [2.75, 3.05) is 59.5 Å². The van der Waals surface area contributed by atoms with Crippen molar-refractivity contribution in [1.29, 1.82) is 0 Å². The molecule has 0 radical (unpaired) electrons. The largest absolute Gasteiger partial charge is 0.449 e. The predicted molar refractivity (Wildman–Crippen MR) is 60.3 cm³/mol. The topological polar surface area (TPSA) is 42.8 Å². The molecule has 3 aliphatic rings. The van der Waals surface area contributed by atoms with Crippen molar-refractivity contribution in [3.8, 4) is 0 Å². The maximum absolute atomic E-state index is 10.9. The number of nitrogens with one attached hydrogen (secondary N) is 2. The lowest BCUT2D eigenvalue weighted by atomic mass is 10.1. The van der Waals surface area contributed by atoms with E-state index in [9.17, 15) is 4.79 Å². The van der Waals surface area contributed by atoms with Gasteiger partial charge in [-0.2, -0.15) is 0 Å². The van der Waals surface area contributed by atoms with E-state index in [1.807, 2.05) is 0 Å². The molecule has 5 nitrogen and oxygen atoms in total. The average molecular weight is 229 g/mol. The van der Waals surface area contributed by atoms with E-state index in [4.69, 9.17) is 4.74 Å². The van der Waals surface area contributed by atoms with Gasteiger partial charge in [0.05, 0.1) is 13.2 Å². The molecular formula is C11H23N3O2+2. The second kappa shape index (κ2) is 5.01. The second-order valence-corrected chi connectivity index (χ2v) is 4.98. The lowest BCUT2D eigenvalue weighted by molar-refractivity contribution is -1.07. The minimum atomic E-state index is -0.312. The number of amides is 1. The van der Waals surface area contributed by atoms with Gasteiger partial charge in [-0.15, -0.1) is 0 Å². The van der Waals surface area contributed by atoms with Gasteiger partial charge >= 0.3 is 6.09 Å². The van der Waals surface area contributed by atoms with Crippen LogP contribution in [0.4, 0.5) is 4.79 Å². The van der Waals surface area contributed by atoms with E-state index >= 15 is 0 Å². The Balaban J connectivity index is 1.67. The van der Waals surface area contributed by atoms with Crippen LogP contribution in [0.15, 0.2) is 0 Å². The highest BCUT2D eigenvalue weighted by Gasteiger charge is 2.40. The molecule has 0 spiro atoms. The Morgan fingerprint density at radius 3 is 2.50 bits per heavy atom. The third-order valence-corrected chi connectivity index (χ3v) is 4.03. The fourth-order valence-electron chi connectivity index (χ4n) is 2.87. The minimum Gasteiger partial charge on any atom is -0.449 e. The van der Waals surface area contributed by atoms with Crippen molar-refractivity contribution in [2.24, 2.45) is 0 Å². The molecule has 5 heteroatoms. The number of hydrogen-bond acceptors (Lipinski definition) is 2. The Labute approximate surface area is 96.9 Å². The molecule has 0 saturated carbocycles. The van der Waals surface area contributed by atoms with Gasteiger partial charge < -0.3 is 19.4 Å². The molecule has 16 heavy (non-hydrogen) atoms. The van der Waals surface area contributed by atoms with Crippen molar-refractivity contribution in [3.05, 3.63) is 0 Å². The molecule has 0 aliphatic carbocycles. The summed E-state index contributed by atoms with van der Waals surface area (Å²) in [6, 6.07) is 0. The lowest BCUT2D eigenvalue weighted by Crippen LogP contribution is -3.19. The summed E-state index contributed by atoms with van der Waals surface area (Å²) in [6.45, 7) is 9.66. The van der Waals surface area contributed by atoms with Crippen LogP contribution in [-0.2, 0) is 4.74 Å². The van der Waals surface area contributed by atoms with Crippen LogP contribution < -0.4 is 10.2 Å². The maximum Gasteiger partial charge on any atom is 0.406 e. The molecular weight excluding hydrogens is 206 g/mol. The number of alkyl carbamates (subject to hydrolysis) is 1. The van der Waals surface area contributed by atoms with Crippen LogP contribution in [0, 0.1) is 0 Å². The van der Waals surface area contributed by atoms with Gasteiger partial charge in [0.1, 0.15) is 39.3 Å². The van der Waals surface area contributed by atoms with Crippen molar-refractivity contribution in [1.82, 2.24) is 5.32 Å². The van der Waals surface area contributed by atoms with Crippen molar-refractivity contribution >= 4 is 6.09 Å². The van der Waals surface area contributed by atoms with Crippen molar-refractivity contribution in [2.45, 2.75) is 6.42 Å². The normalized spacial score (nSPS) is 32.4. The summed E-state index contributed by atoms with van der Waals surface area (Å²) < 4.78 is 6.28. The van der Waals surface area contributed by atoms with Gasteiger partial charge in [-0.1, -0.05) is 0 Å². The van der Waals surface area contributed by atoms with Gasteiger partial charge in [-0.05, 0) is 0 Å². The van der Waals surface area contributed by atoms with E-state index in [1.165, 1.54) is 50.3 Å². The van der Waals surface area contributed by atoms with Crippen LogP contribution >= 0.6 is 0 Å².